The minimum Gasteiger partial charge on any atom is -0.404 e. The Morgan fingerprint density at radius 1 is 1.11 bits per heavy atom. The van der Waals surface area contributed by atoms with Gasteiger partial charge in [0.1, 0.15) is 29.9 Å². The first-order valence-electron chi connectivity index (χ1n) is 14.9. The number of nitrogens with two attached hydrogens (primary N) is 1. The third-order valence-corrected chi connectivity index (χ3v) is 8.26. The van der Waals surface area contributed by atoms with Crippen LogP contribution in [0.1, 0.15) is 56.2 Å². The van der Waals surface area contributed by atoms with E-state index in [1.165, 1.54) is 48.2 Å². The normalized spacial score (nSPS) is 18.7. The number of phosphoric ester groups is 1. The lowest BCUT2D eigenvalue weighted by Crippen LogP contribution is -2.57. The Morgan fingerprint density at radius 3 is 2.46 bits per heavy atom. The summed E-state index contributed by atoms with van der Waals surface area (Å²) in [5.74, 6) is -2.86. The SMILES string of the molecule is CCCC[C@H](NC(=O)[C@H](C)NC(=O)[C@@H]1Cc2cccc3c2N1C(=O)[C@@H](NC(=O)/C=C/c1ccc(OP(=O)(O)O)cc1)CC3)C(N)=O. The Labute approximate surface area is 266 Å². The minimum absolute atomic E-state index is 0.0426. The van der Waals surface area contributed by atoms with E-state index in [0.29, 0.717) is 36.9 Å². The maximum atomic E-state index is 13.9. The summed E-state index contributed by atoms with van der Waals surface area (Å²) in [7, 11) is -4.70. The Kier molecular flexibility index (Phi) is 11.0. The van der Waals surface area contributed by atoms with Crippen molar-refractivity contribution in [1.82, 2.24) is 16.0 Å². The lowest BCUT2D eigenvalue weighted by Gasteiger charge is -2.28. The second-order valence-electron chi connectivity index (χ2n) is 11.3. The van der Waals surface area contributed by atoms with E-state index < -0.39 is 61.5 Å². The van der Waals surface area contributed by atoms with Gasteiger partial charge in [-0.3, -0.25) is 38.7 Å². The van der Waals surface area contributed by atoms with Gasteiger partial charge in [-0.25, -0.2) is 4.57 Å². The number of primary amides is 1. The maximum Gasteiger partial charge on any atom is 0.524 e. The van der Waals surface area contributed by atoms with Gasteiger partial charge in [-0.05, 0) is 61.1 Å². The summed E-state index contributed by atoms with van der Waals surface area (Å²) in [4.78, 5) is 84.2. The highest BCUT2D eigenvalue weighted by molar-refractivity contribution is 7.46. The molecular weight excluding hydrogens is 617 g/mol. The molecule has 2 aromatic carbocycles. The van der Waals surface area contributed by atoms with Crippen LogP contribution in [0.3, 0.4) is 0 Å². The molecule has 4 rings (SSSR count). The van der Waals surface area contributed by atoms with Gasteiger partial charge in [0.15, 0.2) is 0 Å². The highest BCUT2D eigenvalue weighted by atomic mass is 31.2. The van der Waals surface area contributed by atoms with Gasteiger partial charge in [0.05, 0.1) is 5.69 Å². The van der Waals surface area contributed by atoms with Gasteiger partial charge in [0.2, 0.25) is 29.5 Å². The minimum atomic E-state index is -4.70. The van der Waals surface area contributed by atoms with Gasteiger partial charge >= 0.3 is 7.82 Å². The summed E-state index contributed by atoms with van der Waals surface area (Å²) < 4.78 is 15.5. The van der Waals surface area contributed by atoms with Crippen LogP contribution in [0.25, 0.3) is 6.08 Å². The number of carbonyl (C=O) groups excluding carboxylic acids is 5. The molecule has 0 unspecified atom stereocenters. The van der Waals surface area contributed by atoms with Crippen LogP contribution in [0.15, 0.2) is 48.5 Å². The van der Waals surface area contributed by atoms with E-state index in [4.69, 9.17) is 15.5 Å². The van der Waals surface area contributed by atoms with Crippen LogP contribution in [0, 0.1) is 0 Å². The lowest BCUT2D eigenvalue weighted by molar-refractivity contribution is -0.132. The second kappa shape index (κ2) is 14.7. The lowest BCUT2D eigenvalue weighted by atomic mass is 10.0. The Bertz CT molecular complexity index is 1570. The zero-order chi connectivity index (χ0) is 33.6. The molecule has 0 bridgehead atoms. The second-order valence-corrected chi connectivity index (χ2v) is 12.4. The van der Waals surface area contributed by atoms with Crippen molar-refractivity contribution in [3.63, 3.8) is 0 Å². The van der Waals surface area contributed by atoms with Gasteiger partial charge < -0.3 is 26.2 Å². The first kappa shape index (κ1) is 34.4. The Hall–Kier alpha value is -4.52. The summed E-state index contributed by atoms with van der Waals surface area (Å²) >= 11 is 0. The maximum absolute atomic E-state index is 13.9. The van der Waals surface area contributed by atoms with Crippen LogP contribution in [0.2, 0.25) is 0 Å². The quantitative estimate of drug-likeness (QED) is 0.135. The third-order valence-electron chi connectivity index (χ3n) is 7.82. The van der Waals surface area contributed by atoms with E-state index in [9.17, 15) is 28.5 Å². The molecule has 0 saturated carbocycles. The number of hydrogen-bond donors (Lipinski definition) is 6. The van der Waals surface area contributed by atoms with E-state index in [2.05, 4.69) is 20.5 Å². The van der Waals surface area contributed by atoms with Gasteiger partial charge in [0, 0.05) is 12.5 Å². The standard InChI is InChI=1S/C31H38N5O9P/c1-3-4-8-23(28(32)38)35-29(39)18(2)33-30(40)25-17-21-7-5-6-20-12-15-24(31(41)36(25)27(20)21)34-26(37)16-11-19-9-13-22(14-10-19)45-46(42,43)44/h5-7,9-11,13-14,16,18,23-25H,3-4,8,12,15,17H2,1-2H3,(H2,32,38)(H,33,40)(H,34,37)(H,35,39)(H2,42,43,44)/b16-11+/t18-,23-,24-,25-/m0/s1. The molecule has 2 aliphatic rings. The molecular formula is C31H38N5O9P. The highest BCUT2D eigenvalue weighted by Gasteiger charge is 2.44. The predicted octanol–water partition coefficient (Wildman–Crippen LogP) is 1.23. The van der Waals surface area contributed by atoms with Crippen molar-refractivity contribution in [2.24, 2.45) is 5.73 Å². The largest absolute Gasteiger partial charge is 0.524 e. The van der Waals surface area contributed by atoms with Crippen LogP contribution in [0.5, 0.6) is 5.75 Å². The van der Waals surface area contributed by atoms with E-state index in [0.717, 1.165) is 17.5 Å². The average molecular weight is 656 g/mol. The van der Waals surface area contributed by atoms with Crippen LogP contribution >= 0.6 is 7.82 Å². The summed E-state index contributed by atoms with van der Waals surface area (Å²) in [5, 5.41) is 7.99. The van der Waals surface area contributed by atoms with E-state index in [-0.39, 0.29) is 12.2 Å². The molecule has 0 aromatic heterocycles. The average Bonchev–Trinajstić information content (AvgIpc) is 3.33. The fourth-order valence-electron chi connectivity index (χ4n) is 5.51. The molecule has 0 aliphatic carbocycles. The third kappa shape index (κ3) is 8.59. The zero-order valence-electron chi connectivity index (χ0n) is 25.5. The van der Waals surface area contributed by atoms with Crippen LogP contribution < -0.4 is 31.1 Å². The van der Waals surface area contributed by atoms with Crippen molar-refractivity contribution >= 4 is 49.1 Å². The fraction of sp³-hybridized carbons (Fsp3) is 0.387. The van der Waals surface area contributed by atoms with Crippen molar-refractivity contribution in [1.29, 1.82) is 0 Å². The number of phosphoric acid groups is 1. The number of nitrogens with zero attached hydrogens (tertiary/aromatic N) is 1. The highest BCUT2D eigenvalue weighted by Crippen LogP contribution is 2.39. The number of benzene rings is 2. The molecule has 46 heavy (non-hydrogen) atoms. The molecule has 246 valence electrons. The number of anilines is 1. The molecule has 15 heteroatoms. The molecule has 14 nitrogen and oxygen atoms in total. The van der Waals surface area contributed by atoms with E-state index in [1.54, 1.807) is 0 Å². The van der Waals surface area contributed by atoms with Crippen molar-refractivity contribution in [3.8, 4) is 5.75 Å². The van der Waals surface area contributed by atoms with Crippen molar-refractivity contribution in [2.75, 3.05) is 4.90 Å². The Morgan fingerprint density at radius 2 is 1.80 bits per heavy atom. The molecule has 5 amide bonds. The van der Waals surface area contributed by atoms with Gasteiger partial charge in [0.25, 0.3) is 0 Å². The zero-order valence-corrected chi connectivity index (χ0v) is 26.4. The van der Waals surface area contributed by atoms with E-state index >= 15 is 0 Å². The van der Waals surface area contributed by atoms with Gasteiger partial charge in [-0.1, -0.05) is 50.1 Å². The molecule has 7 N–H and O–H groups in total. The van der Waals surface area contributed by atoms with Crippen molar-refractivity contribution in [2.45, 2.75) is 76.5 Å². The molecule has 2 aliphatic heterocycles. The summed E-state index contributed by atoms with van der Waals surface area (Å²) in [5.41, 5.74) is 8.26. The number of nitrogens with one attached hydrogen (secondary N) is 3. The van der Waals surface area contributed by atoms with Gasteiger partial charge in [-0.2, -0.15) is 0 Å². The summed E-state index contributed by atoms with van der Waals surface area (Å²) in [6.45, 7) is 3.43. The first-order chi connectivity index (χ1) is 21.8. The predicted molar refractivity (Wildman–Crippen MR) is 168 cm³/mol. The molecule has 0 fully saturated rings. The Balaban J connectivity index is 1.44. The fourth-order valence-corrected chi connectivity index (χ4v) is 5.91. The monoisotopic (exact) mass is 655 g/mol. The summed E-state index contributed by atoms with van der Waals surface area (Å²) in [6.07, 6.45) is 5.55. The molecule has 4 atom stereocenters. The molecule has 2 aromatic rings. The molecule has 0 radical (unpaired) electrons. The number of para-hydroxylation sites is 1. The van der Waals surface area contributed by atoms with Crippen LogP contribution in [-0.4, -0.2) is 63.5 Å². The molecule has 0 saturated heterocycles. The number of aryl methyl sites for hydroxylation is 1. The van der Waals surface area contributed by atoms with E-state index in [1.807, 2.05) is 25.1 Å². The first-order valence-corrected chi connectivity index (χ1v) is 16.5. The van der Waals surface area contributed by atoms with Crippen molar-refractivity contribution < 1.29 is 42.8 Å². The number of carbonyl (C=O) groups is 5. The van der Waals surface area contributed by atoms with Crippen molar-refractivity contribution in [3.05, 3.63) is 65.2 Å². The molecule has 2 heterocycles. The topological polar surface area (TPSA) is 217 Å². The van der Waals surface area contributed by atoms with Gasteiger partial charge in [-0.15, -0.1) is 0 Å². The molecule has 0 spiro atoms. The summed E-state index contributed by atoms with van der Waals surface area (Å²) in [6, 6.07) is 7.45. The van der Waals surface area contributed by atoms with Crippen LogP contribution in [0.4, 0.5) is 5.69 Å². The number of unbranched alkanes of at least 4 members (excludes halogenated alkanes) is 1. The number of amides is 5. The number of rotatable bonds is 13. The smallest absolute Gasteiger partial charge is 0.404 e. The number of hydrogen-bond acceptors (Lipinski definition) is 7. The van der Waals surface area contributed by atoms with Crippen LogP contribution in [-0.2, 0) is 41.4 Å².